The highest BCUT2D eigenvalue weighted by Crippen LogP contribution is 2.44. The maximum Gasteiger partial charge on any atom is 0.334 e. The van der Waals surface area contributed by atoms with Gasteiger partial charge in [0.15, 0.2) is 0 Å². The summed E-state index contributed by atoms with van der Waals surface area (Å²) in [6, 6.07) is 5.49. The van der Waals surface area contributed by atoms with Gasteiger partial charge in [-0.25, -0.2) is 13.2 Å². The number of carbonyl (C=O) groups excluding carboxylic acids is 1. The zero-order chi connectivity index (χ0) is 18.2. The minimum Gasteiger partial charge on any atom is -0.466 e. The summed E-state index contributed by atoms with van der Waals surface area (Å²) in [7, 11) is -2.48. The summed E-state index contributed by atoms with van der Waals surface area (Å²) in [4.78, 5) is 12.2. The summed E-state index contributed by atoms with van der Waals surface area (Å²) >= 11 is 5.89. The molecule has 1 saturated heterocycles. The maximum atomic E-state index is 13.4. The Balaban J connectivity index is 2.02. The van der Waals surface area contributed by atoms with Crippen LogP contribution < -0.4 is 0 Å². The lowest BCUT2D eigenvalue weighted by atomic mass is 9.92. The zero-order valence-electron chi connectivity index (χ0n) is 14.2. The van der Waals surface area contributed by atoms with Crippen LogP contribution in [0.25, 0.3) is 0 Å². The van der Waals surface area contributed by atoms with E-state index in [0.29, 0.717) is 17.4 Å². The molecule has 0 N–H and O–H groups in total. The normalized spacial score (nSPS) is 24.7. The number of benzene rings is 1. The van der Waals surface area contributed by atoms with Crippen LogP contribution in [0, 0.1) is 5.92 Å². The summed E-state index contributed by atoms with van der Waals surface area (Å²) in [6.07, 6.45) is 4.30. The van der Waals surface area contributed by atoms with Crippen LogP contribution in [-0.2, 0) is 19.6 Å². The van der Waals surface area contributed by atoms with Crippen LogP contribution in [0.2, 0.25) is 5.02 Å². The topological polar surface area (TPSA) is 63.7 Å². The molecule has 1 aliphatic heterocycles. The Labute approximate surface area is 153 Å². The standard InChI is InChI=1S/C18H22ClNO4S/c1-12(18(21)24-2)16-4-3-5-17(13-6-7-13)20(16)25(22,23)15-10-8-14(19)9-11-15/h8-11,13,16-17H,1,3-7H2,2H3/t16-,17+/m0/s1. The molecule has 1 aromatic carbocycles. The number of ether oxygens (including phenoxy) is 1. The molecular weight excluding hydrogens is 362 g/mol. The van der Waals surface area contributed by atoms with Crippen molar-refractivity contribution in [3.05, 3.63) is 41.4 Å². The number of halogens is 1. The zero-order valence-corrected chi connectivity index (χ0v) is 15.7. The number of hydrogen-bond donors (Lipinski definition) is 0. The van der Waals surface area contributed by atoms with Crippen molar-refractivity contribution in [2.75, 3.05) is 7.11 Å². The quantitative estimate of drug-likeness (QED) is 0.577. The van der Waals surface area contributed by atoms with Crippen molar-refractivity contribution in [3.8, 4) is 0 Å². The second kappa shape index (κ2) is 7.09. The van der Waals surface area contributed by atoms with Gasteiger partial charge in [0, 0.05) is 16.6 Å². The SMILES string of the molecule is C=C(C(=O)OC)[C@@H]1CCC[C@H](C2CC2)N1S(=O)(=O)c1ccc(Cl)cc1. The molecule has 7 heteroatoms. The number of esters is 1. The van der Waals surface area contributed by atoms with Crippen LogP contribution in [0.5, 0.6) is 0 Å². The van der Waals surface area contributed by atoms with Crippen LogP contribution in [0.1, 0.15) is 32.1 Å². The van der Waals surface area contributed by atoms with E-state index in [0.717, 1.165) is 25.7 Å². The van der Waals surface area contributed by atoms with Crippen LogP contribution in [0.3, 0.4) is 0 Å². The first-order valence-electron chi connectivity index (χ1n) is 8.42. The molecule has 25 heavy (non-hydrogen) atoms. The minimum absolute atomic E-state index is 0.0964. The molecule has 1 aromatic rings. The molecule has 136 valence electrons. The third-order valence-electron chi connectivity index (χ3n) is 5.02. The largest absolute Gasteiger partial charge is 0.466 e. The maximum absolute atomic E-state index is 13.4. The summed E-state index contributed by atoms with van der Waals surface area (Å²) in [5.74, 6) is -0.201. The average molecular weight is 384 g/mol. The van der Waals surface area contributed by atoms with Crippen LogP contribution in [0.15, 0.2) is 41.3 Å². The van der Waals surface area contributed by atoms with Crippen molar-refractivity contribution in [1.82, 2.24) is 4.31 Å². The fourth-order valence-corrected chi connectivity index (χ4v) is 5.65. The van der Waals surface area contributed by atoms with E-state index < -0.39 is 22.0 Å². The molecule has 1 saturated carbocycles. The molecule has 0 aromatic heterocycles. The van der Waals surface area contributed by atoms with E-state index in [9.17, 15) is 13.2 Å². The van der Waals surface area contributed by atoms with Gasteiger partial charge in [0.05, 0.1) is 18.0 Å². The number of sulfonamides is 1. The van der Waals surface area contributed by atoms with Gasteiger partial charge in [0.25, 0.3) is 0 Å². The smallest absolute Gasteiger partial charge is 0.334 e. The first kappa shape index (κ1) is 18.4. The third-order valence-corrected chi connectivity index (χ3v) is 7.22. The number of carbonyl (C=O) groups is 1. The van der Waals surface area contributed by atoms with Gasteiger partial charge in [-0.2, -0.15) is 4.31 Å². The second-order valence-corrected chi connectivity index (χ2v) is 8.94. The van der Waals surface area contributed by atoms with Crippen LogP contribution >= 0.6 is 11.6 Å². The van der Waals surface area contributed by atoms with E-state index >= 15 is 0 Å². The second-order valence-electron chi connectivity index (χ2n) is 6.66. The van der Waals surface area contributed by atoms with Crippen molar-refractivity contribution in [1.29, 1.82) is 0 Å². The molecule has 2 fully saturated rings. The predicted octanol–water partition coefficient (Wildman–Crippen LogP) is 3.39. The fourth-order valence-electron chi connectivity index (χ4n) is 3.60. The van der Waals surface area contributed by atoms with E-state index in [-0.39, 0.29) is 16.5 Å². The monoisotopic (exact) mass is 383 g/mol. The number of rotatable bonds is 5. The van der Waals surface area contributed by atoms with Gasteiger partial charge in [-0.05, 0) is 62.3 Å². The molecule has 1 aliphatic carbocycles. The highest BCUT2D eigenvalue weighted by molar-refractivity contribution is 7.89. The van der Waals surface area contributed by atoms with Crippen molar-refractivity contribution in [2.45, 2.75) is 49.1 Å². The van der Waals surface area contributed by atoms with Gasteiger partial charge in [0.1, 0.15) is 0 Å². The Morgan fingerprint density at radius 1 is 1.20 bits per heavy atom. The lowest BCUT2D eigenvalue weighted by Crippen LogP contribution is -2.52. The van der Waals surface area contributed by atoms with Gasteiger partial charge in [-0.15, -0.1) is 0 Å². The number of methoxy groups -OCH3 is 1. The van der Waals surface area contributed by atoms with E-state index in [2.05, 4.69) is 6.58 Å². The summed E-state index contributed by atoms with van der Waals surface area (Å²) in [5.41, 5.74) is 0.199. The van der Waals surface area contributed by atoms with Crippen LogP contribution in [0.4, 0.5) is 0 Å². The van der Waals surface area contributed by atoms with Gasteiger partial charge < -0.3 is 4.74 Å². The summed E-state index contributed by atoms with van der Waals surface area (Å²) < 4.78 is 33.0. The molecule has 0 spiro atoms. The highest BCUT2D eigenvalue weighted by Gasteiger charge is 2.47. The fraction of sp³-hybridized carbons (Fsp3) is 0.500. The molecule has 0 bridgehead atoms. The molecule has 0 amide bonds. The molecule has 1 heterocycles. The first-order chi connectivity index (χ1) is 11.9. The van der Waals surface area contributed by atoms with Gasteiger partial charge in [-0.3, -0.25) is 0 Å². The Kier molecular flexibility index (Phi) is 5.23. The number of nitrogens with zero attached hydrogens (tertiary/aromatic N) is 1. The van der Waals surface area contributed by atoms with Gasteiger partial charge >= 0.3 is 5.97 Å². The van der Waals surface area contributed by atoms with Crippen molar-refractivity contribution >= 4 is 27.6 Å². The van der Waals surface area contributed by atoms with E-state index in [1.165, 1.54) is 23.5 Å². The van der Waals surface area contributed by atoms with Crippen LogP contribution in [-0.4, -0.2) is 37.9 Å². The third kappa shape index (κ3) is 3.61. The Hall–Kier alpha value is -1.37. The van der Waals surface area contributed by atoms with Gasteiger partial charge in [-0.1, -0.05) is 18.2 Å². The summed E-state index contributed by atoms with van der Waals surface area (Å²) in [6.45, 7) is 3.83. The van der Waals surface area contributed by atoms with Crippen molar-refractivity contribution in [2.24, 2.45) is 5.92 Å². The molecule has 2 aliphatic rings. The Bertz CT molecular complexity index is 771. The number of piperidine rings is 1. The average Bonchev–Trinajstić information content (AvgIpc) is 3.45. The lowest BCUT2D eigenvalue weighted by Gasteiger charge is -2.41. The molecule has 2 atom stereocenters. The highest BCUT2D eigenvalue weighted by atomic mass is 35.5. The lowest BCUT2D eigenvalue weighted by molar-refractivity contribution is -0.136. The molecule has 3 rings (SSSR count). The Morgan fingerprint density at radius 2 is 1.84 bits per heavy atom. The van der Waals surface area contributed by atoms with Gasteiger partial charge in [0.2, 0.25) is 10.0 Å². The molecule has 5 nitrogen and oxygen atoms in total. The molecule has 0 unspecified atom stereocenters. The minimum atomic E-state index is -3.76. The first-order valence-corrected chi connectivity index (χ1v) is 10.2. The van der Waals surface area contributed by atoms with E-state index in [1.54, 1.807) is 12.1 Å². The van der Waals surface area contributed by atoms with E-state index in [1.807, 2.05) is 0 Å². The van der Waals surface area contributed by atoms with Crippen molar-refractivity contribution in [3.63, 3.8) is 0 Å². The molecule has 0 radical (unpaired) electrons. The summed E-state index contributed by atoms with van der Waals surface area (Å²) in [5, 5.41) is 0.479. The predicted molar refractivity (Wildman–Crippen MR) is 95.8 cm³/mol. The van der Waals surface area contributed by atoms with E-state index in [4.69, 9.17) is 16.3 Å². The number of hydrogen-bond acceptors (Lipinski definition) is 4. The Morgan fingerprint density at radius 3 is 2.40 bits per heavy atom. The molecular formula is C18H22ClNO4S. The van der Waals surface area contributed by atoms with Crippen molar-refractivity contribution < 1.29 is 17.9 Å².